The van der Waals surface area contributed by atoms with Crippen LogP contribution in [-0.4, -0.2) is 40.2 Å². The molecule has 1 aromatic carbocycles. The molecule has 1 aliphatic heterocycles. The van der Waals surface area contributed by atoms with E-state index in [1.165, 1.54) is 16.7 Å². The molecule has 1 saturated heterocycles. The molecule has 0 aromatic heterocycles. The fourth-order valence-corrected chi connectivity index (χ4v) is 3.58. The number of aryl methyl sites for hydroxylation is 2. The Kier molecular flexibility index (Phi) is 5.28. The number of carboxylic acids is 1. The molecule has 4 nitrogen and oxygen atoms in total. The highest BCUT2D eigenvalue weighted by molar-refractivity contribution is 8.00. The summed E-state index contributed by atoms with van der Waals surface area (Å²) in [6, 6.07) is 5.51. The van der Waals surface area contributed by atoms with E-state index in [-0.39, 0.29) is 5.91 Å². The second kappa shape index (κ2) is 6.98. The molecule has 0 aliphatic carbocycles. The third-order valence-corrected chi connectivity index (χ3v) is 4.95. The first-order valence-corrected chi connectivity index (χ1v) is 8.20. The van der Waals surface area contributed by atoms with Gasteiger partial charge in [0.1, 0.15) is 6.04 Å². The minimum atomic E-state index is -0.889. The second-order valence-corrected chi connectivity index (χ2v) is 6.51. The minimum absolute atomic E-state index is 0.0759. The Bertz CT molecular complexity index is 544. The van der Waals surface area contributed by atoms with E-state index in [0.717, 1.165) is 28.9 Å². The first-order valence-electron chi connectivity index (χ1n) is 7.21. The van der Waals surface area contributed by atoms with Gasteiger partial charge in [-0.1, -0.05) is 17.7 Å². The van der Waals surface area contributed by atoms with Crippen molar-refractivity contribution < 1.29 is 14.7 Å². The smallest absolute Gasteiger partial charge is 0.326 e. The van der Waals surface area contributed by atoms with Crippen LogP contribution in [-0.2, 0) is 9.59 Å². The lowest BCUT2D eigenvalue weighted by molar-refractivity contribution is -0.150. The molecule has 1 amide bonds. The van der Waals surface area contributed by atoms with Crippen molar-refractivity contribution in [3.05, 3.63) is 29.3 Å². The zero-order valence-electron chi connectivity index (χ0n) is 12.5. The molecule has 2 rings (SSSR count). The lowest BCUT2D eigenvalue weighted by Gasteiger charge is -2.32. The summed E-state index contributed by atoms with van der Waals surface area (Å²) in [7, 11) is 0. The van der Waals surface area contributed by atoms with Gasteiger partial charge in [0.05, 0.1) is 5.75 Å². The predicted molar refractivity (Wildman–Crippen MR) is 83.6 cm³/mol. The van der Waals surface area contributed by atoms with Crippen LogP contribution in [0.1, 0.15) is 30.4 Å². The molecule has 0 radical (unpaired) electrons. The van der Waals surface area contributed by atoms with E-state index in [4.69, 9.17) is 0 Å². The predicted octanol–water partition coefficient (Wildman–Crippen LogP) is 2.86. The van der Waals surface area contributed by atoms with E-state index < -0.39 is 12.0 Å². The third kappa shape index (κ3) is 4.00. The van der Waals surface area contributed by atoms with Crippen LogP contribution in [0.25, 0.3) is 0 Å². The molecule has 1 fully saturated rings. The molecular weight excluding hydrogens is 286 g/mol. The molecule has 21 heavy (non-hydrogen) atoms. The van der Waals surface area contributed by atoms with Crippen molar-refractivity contribution in [2.24, 2.45) is 0 Å². The summed E-state index contributed by atoms with van der Waals surface area (Å²) in [5, 5.41) is 9.22. The van der Waals surface area contributed by atoms with Gasteiger partial charge < -0.3 is 10.0 Å². The summed E-state index contributed by atoms with van der Waals surface area (Å²) < 4.78 is 0. The minimum Gasteiger partial charge on any atom is -0.480 e. The summed E-state index contributed by atoms with van der Waals surface area (Å²) in [6.45, 7) is 4.60. The van der Waals surface area contributed by atoms with Crippen molar-refractivity contribution in [3.8, 4) is 0 Å². The van der Waals surface area contributed by atoms with E-state index in [1.807, 2.05) is 26.0 Å². The number of rotatable bonds is 4. The molecule has 1 aliphatic rings. The number of carbonyl (C=O) groups excluding carboxylic acids is 1. The molecule has 1 N–H and O–H groups in total. The van der Waals surface area contributed by atoms with E-state index in [0.29, 0.717) is 18.7 Å². The fourth-order valence-electron chi connectivity index (χ4n) is 2.57. The maximum atomic E-state index is 12.3. The maximum Gasteiger partial charge on any atom is 0.326 e. The molecule has 0 spiro atoms. The number of amides is 1. The zero-order chi connectivity index (χ0) is 15.4. The number of piperidine rings is 1. The molecule has 0 bridgehead atoms. The molecule has 1 heterocycles. The molecule has 5 heteroatoms. The van der Waals surface area contributed by atoms with Crippen molar-refractivity contribution in [1.82, 2.24) is 4.90 Å². The van der Waals surface area contributed by atoms with Crippen molar-refractivity contribution in [3.63, 3.8) is 0 Å². The standard InChI is InChI=1S/C16H21NO3S/c1-11-6-7-12(2)14(9-11)21-10-15(18)17-8-4-3-5-13(17)16(19)20/h6-7,9,13H,3-5,8,10H2,1-2H3,(H,19,20)/t13-/m0/s1. The summed E-state index contributed by atoms with van der Waals surface area (Å²) in [5.74, 6) is -0.665. The zero-order valence-corrected chi connectivity index (χ0v) is 13.3. The Balaban J connectivity index is 2.00. The first-order chi connectivity index (χ1) is 9.99. The van der Waals surface area contributed by atoms with Crippen LogP contribution in [0, 0.1) is 13.8 Å². The van der Waals surface area contributed by atoms with Crippen LogP contribution < -0.4 is 0 Å². The number of likely N-dealkylation sites (tertiary alicyclic amines) is 1. The maximum absolute atomic E-state index is 12.3. The number of aliphatic carboxylic acids is 1. The van der Waals surface area contributed by atoms with E-state index in [2.05, 4.69) is 6.07 Å². The summed E-state index contributed by atoms with van der Waals surface area (Å²) in [5.41, 5.74) is 2.31. The van der Waals surface area contributed by atoms with Crippen molar-refractivity contribution in [1.29, 1.82) is 0 Å². The van der Waals surface area contributed by atoms with E-state index in [1.54, 1.807) is 0 Å². The Morgan fingerprint density at radius 2 is 2.10 bits per heavy atom. The molecule has 0 unspecified atom stereocenters. The Morgan fingerprint density at radius 3 is 2.81 bits per heavy atom. The van der Waals surface area contributed by atoms with Gasteiger partial charge >= 0.3 is 5.97 Å². The fraction of sp³-hybridized carbons (Fsp3) is 0.500. The van der Waals surface area contributed by atoms with Gasteiger partial charge in [0.15, 0.2) is 0 Å². The van der Waals surface area contributed by atoms with E-state index >= 15 is 0 Å². The monoisotopic (exact) mass is 307 g/mol. The normalized spacial score (nSPS) is 18.6. The topological polar surface area (TPSA) is 57.6 Å². The number of carboxylic acid groups (broad SMARTS) is 1. The summed E-state index contributed by atoms with van der Waals surface area (Å²) in [6.07, 6.45) is 2.34. The number of benzene rings is 1. The number of hydrogen-bond donors (Lipinski definition) is 1. The average molecular weight is 307 g/mol. The average Bonchev–Trinajstić information content (AvgIpc) is 2.47. The number of nitrogens with zero attached hydrogens (tertiary/aromatic N) is 1. The van der Waals surface area contributed by atoms with Gasteiger partial charge in [0.2, 0.25) is 5.91 Å². The Morgan fingerprint density at radius 1 is 1.33 bits per heavy atom. The number of hydrogen-bond acceptors (Lipinski definition) is 3. The van der Waals surface area contributed by atoms with Gasteiger partial charge in [0, 0.05) is 11.4 Å². The lowest BCUT2D eigenvalue weighted by atomic mass is 10.0. The van der Waals surface area contributed by atoms with Crippen molar-refractivity contribution in [2.45, 2.75) is 44.0 Å². The van der Waals surface area contributed by atoms with Crippen LogP contribution in [0.5, 0.6) is 0 Å². The molecular formula is C16H21NO3S. The van der Waals surface area contributed by atoms with Crippen LogP contribution in [0.15, 0.2) is 23.1 Å². The highest BCUT2D eigenvalue weighted by Crippen LogP contribution is 2.25. The Labute approximate surface area is 129 Å². The highest BCUT2D eigenvalue weighted by Gasteiger charge is 2.31. The SMILES string of the molecule is Cc1ccc(C)c(SCC(=O)N2CCCC[C@H]2C(=O)O)c1. The molecule has 0 saturated carbocycles. The second-order valence-electron chi connectivity index (χ2n) is 5.49. The van der Waals surface area contributed by atoms with Crippen molar-refractivity contribution in [2.75, 3.05) is 12.3 Å². The molecule has 1 aromatic rings. The summed E-state index contributed by atoms with van der Waals surface area (Å²) in [4.78, 5) is 26.2. The Hall–Kier alpha value is -1.49. The van der Waals surface area contributed by atoms with Gasteiger partial charge in [-0.2, -0.15) is 0 Å². The number of thioether (sulfide) groups is 1. The summed E-state index contributed by atoms with van der Waals surface area (Å²) >= 11 is 1.49. The largest absolute Gasteiger partial charge is 0.480 e. The highest BCUT2D eigenvalue weighted by atomic mass is 32.2. The lowest BCUT2D eigenvalue weighted by Crippen LogP contribution is -2.48. The van der Waals surface area contributed by atoms with Crippen LogP contribution in [0.3, 0.4) is 0 Å². The molecule has 1 atom stereocenters. The quantitative estimate of drug-likeness (QED) is 0.869. The van der Waals surface area contributed by atoms with Gasteiger partial charge in [-0.05, 0) is 44.7 Å². The first kappa shape index (κ1) is 15.9. The van der Waals surface area contributed by atoms with E-state index in [9.17, 15) is 14.7 Å². The van der Waals surface area contributed by atoms with Crippen LogP contribution >= 0.6 is 11.8 Å². The number of carbonyl (C=O) groups is 2. The third-order valence-electron chi connectivity index (χ3n) is 3.80. The van der Waals surface area contributed by atoms with Crippen molar-refractivity contribution >= 4 is 23.6 Å². The van der Waals surface area contributed by atoms with Gasteiger partial charge in [-0.15, -0.1) is 11.8 Å². The van der Waals surface area contributed by atoms with Crippen LogP contribution in [0.2, 0.25) is 0 Å². The van der Waals surface area contributed by atoms with Gasteiger partial charge in [-0.25, -0.2) is 4.79 Å². The molecule has 114 valence electrons. The van der Waals surface area contributed by atoms with Crippen LogP contribution in [0.4, 0.5) is 0 Å². The van der Waals surface area contributed by atoms with Gasteiger partial charge in [-0.3, -0.25) is 4.79 Å². The van der Waals surface area contributed by atoms with Gasteiger partial charge in [0.25, 0.3) is 0 Å².